The molecule has 0 aliphatic rings. The molecule has 0 aliphatic carbocycles. The van der Waals surface area contributed by atoms with Gasteiger partial charge in [0.2, 0.25) is 0 Å². The van der Waals surface area contributed by atoms with Crippen molar-refractivity contribution in [2.75, 3.05) is 12.4 Å². The summed E-state index contributed by atoms with van der Waals surface area (Å²) in [6.45, 7) is 2.87. The van der Waals surface area contributed by atoms with Crippen LogP contribution in [0, 0.1) is 12.7 Å². The largest absolute Gasteiger partial charge is 0.493 e. The first-order valence-electron chi connectivity index (χ1n) is 8.59. The Morgan fingerprint density at radius 3 is 2.56 bits per heavy atom. The third-order valence-corrected chi connectivity index (χ3v) is 4.59. The predicted octanol–water partition coefficient (Wildman–Crippen LogP) is 5.99. The topological polar surface area (TPSA) is 30.5 Å². The van der Waals surface area contributed by atoms with E-state index < -0.39 is 0 Å². The molecule has 140 valence electrons. The lowest BCUT2D eigenvalue weighted by Crippen LogP contribution is -2.02. The van der Waals surface area contributed by atoms with Crippen LogP contribution < -0.4 is 14.8 Å². The summed E-state index contributed by atoms with van der Waals surface area (Å²) in [5.41, 5.74) is 3.81. The molecule has 5 heteroatoms. The van der Waals surface area contributed by atoms with E-state index >= 15 is 0 Å². The monoisotopic (exact) mass is 385 g/mol. The first kappa shape index (κ1) is 19.1. The Morgan fingerprint density at radius 2 is 1.81 bits per heavy atom. The summed E-state index contributed by atoms with van der Waals surface area (Å²) >= 11 is 6.16. The lowest BCUT2D eigenvalue weighted by Gasteiger charge is -2.13. The van der Waals surface area contributed by atoms with Gasteiger partial charge in [0.25, 0.3) is 0 Å². The van der Waals surface area contributed by atoms with Gasteiger partial charge >= 0.3 is 0 Å². The minimum absolute atomic E-state index is 0.271. The minimum atomic E-state index is -0.277. The fourth-order valence-corrected chi connectivity index (χ4v) is 2.82. The summed E-state index contributed by atoms with van der Waals surface area (Å²) in [6, 6.07) is 18.0. The molecule has 0 heterocycles. The number of ether oxygens (including phenoxy) is 2. The summed E-state index contributed by atoms with van der Waals surface area (Å²) in [4.78, 5) is 0. The summed E-state index contributed by atoms with van der Waals surface area (Å²) in [5, 5.41) is 4.08. The van der Waals surface area contributed by atoms with Gasteiger partial charge in [0.05, 0.1) is 7.11 Å². The summed E-state index contributed by atoms with van der Waals surface area (Å²) < 4.78 is 24.5. The first-order valence-corrected chi connectivity index (χ1v) is 8.97. The van der Waals surface area contributed by atoms with E-state index in [0.717, 1.165) is 27.4 Å². The number of hydrogen-bond acceptors (Lipinski definition) is 3. The van der Waals surface area contributed by atoms with E-state index in [1.54, 1.807) is 13.2 Å². The molecule has 0 unspecified atom stereocenters. The van der Waals surface area contributed by atoms with Crippen molar-refractivity contribution in [3.05, 3.63) is 88.2 Å². The SMILES string of the molecule is COc1cc(CNc2ccc(C)c(Cl)c2)ccc1OCc1cccc(F)c1. The molecule has 0 spiro atoms. The fourth-order valence-electron chi connectivity index (χ4n) is 2.64. The standard InChI is InChI=1S/C22H21ClFNO2/c1-15-6-8-19(12-20(15)23)25-13-16-7-9-21(22(11-16)26-2)27-14-17-4-3-5-18(24)10-17/h3-12,25H,13-14H2,1-2H3. The van der Waals surface area contributed by atoms with Crippen molar-refractivity contribution in [2.24, 2.45) is 0 Å². The van der Waals surface area contributed by atoms with Crippen molar-refractivity contribution in [3.8, 4) is 11.5 Å². The second-order valence-electron chi connectivity index (χ2n) is 6.22. The second kappa shape index (κ2) is 8.78. The smallest absolute Gasteiger partial charge is 0.161 e. The van der Waals surface area contributed by atoms with Gasteiger partial charge in [-0.25, -0.2) is 4.39 Å². The molecule has 1 N–H and O–H groups in total. The Hall–Kier alpha value is -2.72. The van der Waals surface area contributed by atoms with Crippen molar-refractivity contribution in [3.63, 3.8) is 0 Å². The third-order valence-electron chi connectivity index (χ3n) is 4.18. The molecule has 0 aromatic heterocycles. The van der Waals surface area contributed by atoms with Crippen LogP contribution in [0.4, 0.5) is 10.1 Å². The molecule has 0 amide bonds. The van der Waals surface area contributed by atoms with Crippen LogP contribution in [0.1, 0.15) is 16.7 Å². The maximum Gasteiger partial charge on any atom is 0.161 e. The van der Waals surface area contributed by atoms with Gasteiger partial charge in [-0.15, -0.1) is 0 Å². The van der Waals surface area contributed by atoms with Gasteiger partial charge in [0, 0.05) is 17.3 Å². The van der Waals surface area contributed by atoms with Crippen molar-refractivity contribution >= 4 is 17.3 Å². The van der Waals surface area contributed by atoms with Gasteiger partial charge < -0.3 is 14.8 Å². The van der Waals surface area contributed by atoms with Crippen LogP contribution in [0.3, 0.4) is 0 Å². The highest BCUT2D eigenvalue weighted by Gasteiger charge is 2.07. The zero-order valence-corrected chi connectivity index (χ0v) is 16.0. The lowest BCUT2D eigenvalue weighted by molar-refractivity contribution is 0.284. The van der Waals surface area contributed by atoms with E-state index in [1.807, 2.05) is 49.4 Å². The summed E-state index contributed by atoms with van der Waals surface area (Å²) in [7, 11) is 1.60. The number of aryl methyl sites for hydroxylation is 1. The highest BCUT2D eigenvalue weighted by molar-refractivity contribution is 6.31. The molecule has 0 atom stereocenters. The first-order chi connectivity index (χ1) is 13.0. The maximum absolute atomic E-state index is 13.3. The lowest BCUT2D eigenvalue weighted by atomic mass is 10.1. The molecule has 0 radical (unpaired) electrons. The van der Waals surface area contributed by atoms with Crippen LogP contribution in [0.15, 0.2) is 60.7 Å². The molecule has 0 aliphatic heterocycles. The van der Waals surface area contributed by atoms with Gasteiger partial charge in [0.15, 0.2) is 11.5 Å². The van der Waals surface area contributed by atoms with Crippen molar-refractivity contribution in [1.82, 2.24) is 0 Å². The van der Waals surface area contributed by atoms with Gasteiger partial charge in [-0.05, 0) is 60.0 Å². The van der Waals surface area contributed by atoms with E-state index in [9.17, 15) is 4.39 Å². The molecule has 3 nitrogen and oxygen atoms in total. The zero-order valence-electron chi connectivity index (χ0n) is 15.3. The predicted molar refractivity (Wildman–Crippen MR) is 107 cm³/mol. The van der Waals surface area contributed by atoms with Crippen LogP contribution >= 0.6 is 11.6 Å². The van der Waals surface area contributed by atoms with Crippen LogP contribution in [-0.4, -0.2) is 7.11 Å². The van der Waals surface area contributed by atoms with E-state index in [2.05, 4.69) is 5.32 Å². The number of methoxy groups -OCH3 is 1. The van der Waals surface area contributed by atoms with Gasteiger partial charge in [-0.3, -0.25) is 0 Å². The maximum atomic E-state index is 13.3. The zero-order chi connectivity index (χ0) is 19.2. The van der Waals surface area contributed by atoms with E-state index in [1.165, 1.54) is 12.1 Å². The molecule has 0 saturated carbocycles. The highest BCUT2D eigenvalue weighted by atomic mass is 35.5. The number of halogens is 2. The Labute approximate surface area is 163 Å². The summed E-state index contributed by atoms with van der Waals surface area (Å²) in [6.07, 6.45) is 0. The molecule has 0 saturated heterocycles. The van der Waals surface area contributed by atoms with Crippen LogP contribution in [0.2, 0.25) is 5.02 Å². The number of benzene rings is 3. The number of anilines is 1. The highest BCUT2D eigenvalue weighted by Crippen LogP contribution is 2.29. The molecule has 0 fully saturated rings. The molecule has 3 aromatic rings. The number of hydrogen-bond donors (Lipinski definition) is 1. The number of nitrogens with one attached hydrogen (secondary N) is 1. The van der Waals surface area contributed by atoms with Gasteiger partial charge in [0.1, 0.15) is 12.4 Å². The van der Waals surface area contributed by atoms with Crippen molar-refractivity contribution in [2.45, 2.75) is 20.1 Å². The van der Waals surface area contributed by atoms with E-state index in [0.29, 0.717) is 18.0 Å². The summed E-state index contributed by atoms with van der Waals surface area (Å²) in [5.74, 6) is 0.970. The van der Waals surface area contributed by atoms with E-state index in [-0.39, 0.29) is 12.4 Å². The van der Waals surface area contributed by atoms with Gasteiger partial charge in [-0.2, -0.15) is 0 Å². The molecule has 0 bridgehead atoms. The molecule has 3 rings (SSSR count). The molecular formula is C22H21ClFNO2. The van der Waals surface area contributed by atoms with Gasteiger partial charge in [-0.1, -0.05) is 35.9 Å². The van der Waals surface area contributed by atoms with Crippen molar-refractivity contribution in [1.29, 1.82) is 0 Å². The Kier molecular flexibility index (Phi) is 6.20. The van der Waals surface area contributed by atoms with Crippen molar-refractivity contribution < 1.29 is 13.9 Å². The average Bonchev–Trinajstić information content (AvgIpc) is 2.67. The number of rotatable bonds is 7. The average molecular weight is 386 g/mol. The fraction of sp³-hybridized carbons (Fsp3) is 0.182. The Morgan fingerprint density at radius 1 is 0.963 bits per heavy atom. The second-order valence-corrected chi connectivity index (χ2v) is 6.63. The Bertz CT molecular complexity index is 930. The minimum Gasteiger partial charge on any atom is -0.493 e. The third kappa shape index (κ3) is 5.14. The quantitative estimate of drug-likeness (QED) is 0.542. The normalized spacial score (nSPS) is 10.5. The van der Waals surface area contributed by atoms with E-state index in [4.69, 9.17) is 21.1 Å². The molecular weight excluding hydrogens is 365 g/mol. The van der Waals surface area contributed by atoms with Crippen LogP contribution in [-0.2, 0) is 13.2 Å². The Balaban J connectivity index is 1.65. The van der Waals surface area contributed by atoms with Crippen LogP contribution in [0.25, 0.3) is 0 Å². The molecule has 27 heavy (non-hydrogen) atoms. The van der Waals surface area contributed by atoms with Crippen LogP contribution in [0.5, 0.6) is 11.5 Å². The molecule has 3 aromatic carbocycles.